The molecule has 0 amide bonds. The molecule has 0 radical (unpaired) electrons. The Morgan fingerprint density at radius 1 is 1.16 bits per heavy atom. The number of thiazole rings is 1. The van der Waals surface area contributed by atoms with Gasteiger partial charge in [-0.2, -0.15) is 0 Å². The number of halogens is 4. The van der Waals surface area contributed by atoms with E-state index in [-0.39, 0.29) is 58.8 Å². The highest BCUT2D eigenvalue weighted by atomic mass is 32.1. The average Bonchev–Trinajstić information content (AvgIpc) is 3.49. The zero-order valence-corrected chi connectivity index (χ0v) is 23.9. The molecule has 5 atom stereocenters. The number of ether oxygens (including phenoxy) is 2. The molecule has 2 aromatic heterocycles. The number of hydrogen-bond donors (Lipinski definition) is 1. The number of aromatic carboxylic acids is 1. The van der Waals surface area contributed by atoms with Crippen molar-refractivity contribution in [3.63, 3.8) is 0 Å². The van der Waals surface area contributed by atoms with E-state index >= 15 is 0 Å². The molecule has 7 nitrogen and oxygen atoms in total. The largest absolute Gasteiger partial charge is 0.573 e. The van der Waals surface area contributed by atoms with Gasteiger partial charge >= 0.3 is 12.3 Å². The monoisotopic (exact) mass is 616 g/mol. The third-order valence-corrected chi connectivity index (χ3v) is 10.2. The van der Waals surface area contributed by atoms with Crippen LogP contribution in [0.3, 0.4) is 0 Å². The number of hydrogen-bond acceptors (Lipinski definition) is 7. The molecule has 3 fully saturated rings. The van der Waals surface area contributed by atoms with E-state index in [4.69, 9.17) is 9.26 Å². The molecule has 2 heterocycles. The predicted molar refractivity (Wildman–Crippen MR) is 148 cm³/mol. The second kappa shape index (κ2) is 10.6. The molecule has 3 saturated carbocycles. The highest BCUT2D eigenvalue weighted by Gasteiger charge is 2.49. The third kappa shape index (κ3) is 5.39. The van der Waals surface area contributed by atoms with Crippen LogP contribution in [0.5, 0.6) is 5.75 Å². The Morgan fingerprint density at radius 2 is 1.95 bits per heavy atom. The summed E-state index contributed by atoms with van der Waals surface area (Å²) in [5.41, 5.74) is 1.25. The van der Waals surface area contributed by atoms with Gasteiger partial charge in [-0.1, -0.05) is 24.2 Å². The number of aromatic nitrogens is 2. The molecule has 2 bridgehead atoms. The molecule has 12 heteroatoms. The van der Waals surface area contributed by atoms with E-state index < -0.39 is 18.1 Å². The number of rotatable bonds is 8. The molecule has 0 aliphatic heterocycles. The Morgan fingerprint density at radius 3 is 2.67 bits per heavy atom. The van der Waals surface area contributed by atoms with Crippen LogP contribution >= 0.6 is 11.3 Å². The van der Waals surface area contributed by atoms with Crippen molar-refractivity contribution in [3.8, 4) is 17.0 Å². The van der Waals surface area contributed by atoms with Crippen LogP contribution in [0.25, 0.3) is 21.5 Å². The number of alkyl halides is 3. The number of nitrogens with zero attached hydrogens (tertiary/aromatic N) is 2. The summed E-state index contributed by atoms with van der Waals surface area (Å²) in [6.07, 6.45) is -0.596. The first-order valence-corrected chi connectivity index (χ1v) is 15.2. The van der Waals surface area contributed by atoms with E-state index in [1.165, 1.54) is 35.6 Å². The van der Waals surface area contributed by atoms with Crippen LogP contribution in [0.15, 0.2) is 40.9 Å². The van der Waals surface area contributed by atoms with Crippen molar-refractivity contribution >= 4 is 27.5 Å². The standard InChI is InChI=1S/C31H28F4N2O5S/c1-14-8-16-9-18(12-20(14)25(16)29-36-27-22(32)10-17(30(38)39)11-24(27)43-29)40-13-21-26(37-42-28(21)15-6-7-15)19-4-2-3-5-23(19)41-31(33,34)35/h2-5,10-11,14-16,18,20,25H,6-9,12-13H2,1H3,(H,38,39)/t14-,16?,18+,20-,25?/m1/s1. The van der Waals surface area contributed by atoms with E-state index in [9.17, 15) is 27.5 Å². The maximum absolute atomic E-state index is 14.7. The van der Waals surface area contributed by atoms with Crippen LogP contribution in [0, 0.1) is 23.6 Å². The molecule has 0 spiro atoms. The molecule has 3 aliphatic carbocycles. The highest BCUT2D eigenvalue weighted by molar-refractivity contribution is 7.18. The van der Waals surface area contributed by atoms with Crippen molar-refractivity contribution < 1.29 is 41.5 Å². The number of carbonyl (C=O) groups is 1. The van der Waals surface area contributed by atoms with E-state index in [1.54, 1.807) is 6.07 Å². The maximum atomic E-state index is 14.7. The molecule has 3 aliphatic rings. The second-order valence-corrected chi connectivity index (χ2v) is 13.0. The van der Waals surface area contributed by atoms with Crippen LogP contribution in [0.2, 0.25) is 0 Å². The zero-order chi connectivity index (χ0) is 30.0. The lowest BCUT2D eigenvalue weighted by atomic mass is 9.76. The number of benzene rings is 2. The second-order valence-electron chi connectivity index (χ2n) is 11.9. The van der Waals surface area contributed by atoms with Gasteiger partial charge in [-0.25, -0.2) is 14.2 Å². The Bertz CT molecular complexity index is 1700. The van der Waals surface area contributed by atoms with E-state index in [1.807, 2.05) is 0 Å². The molecule has 2 aromatic carbocycles. The minimum absolute atomic E-state index is 0.0857. The van der Waals surface area contributed by atoms with Crippen LogP contribution < -0.4 is 4.74 Å². The Labute approximate surface area is 247 Å². The minimum Gasteiger partial charge on any atom is -0.478 e. The van der Waals surface area contributed by atoms with Crippen molar-refractivity contribution in [2.75, 3.05) is 0 Å². The molecular weight excluding hydrogens is 588 g/mol. The summed E-state index contributed by atoms with van der Waals surface area (Å²) in [4.78, 5) is 16.1. The summed E-state index contributed by atoms with van der Waals surface area (Å²) in [5.74, 6) is -0.310. The fraction of sp³-hybridized carbons (Fsp3) is 0.452. The molecule has 43 heavy (non-hydrogen) atoms. The van der Waals surface area contributed by atoms with Gasteiger partial charge < -0.3 is 19.1 Å². The topological polar surface area (TPSA) is 94.7 Å². The van der Waals surface area contributed by atoms with Gasteiger partial charge in [-0.3, -0.25) is 0 Å². The summed E-state index contributed by atoms with van der Waals surface area (Å²) in [6, 6.07) is 8.39. The van der Waals surface area contributed by atoms with Gasteiger partial charge in [0.25, 0.3) is 0 Å². The lowest BCUT2D eigenvalue weighted by Gasteiger charge is -2.35. The van der Waals surface area contributed by atoms with Gasteiger partial charge in [0.2, 0.25) is 0 Å². The maximum Gasteiger partial charge on any atom is 0.573 e. The zero-order valence-electron chi connectivity index (χ0n) is 23.1. The van der Waals surface area contributed by atoms with E-state index in [0.29, 0.717) is 27.6 Å². The summed E-state index contributed by atoms with van der Waals surface area (Å²) < 4.78 is 71.1. The molecule has 2 unspecified atom stereocenters. The van der Waals surface area contributed by atoms with Crippen molar-refractivity contribution in [3.05, 3.63) is 64.1 Å². The first-order chi connectivity index (χ1) is 20.6. The van der Waals surface area contributed by atoms with Gasteiger partial charge in [-0.15, -0.1) is 24.5 Å². The lowest BCUT2D eigenvalue weighted by molar-refractivity contribution is -0.274. The molecule has 0 saturated heterocycles. The summed E-state index contributed by atoms with van der Waals surface area (Å²) in [5, 5.41) is 14.3. The lowest BCUT2D eigenvalue weighted by Crippen LogP contribution is -2.30. The number of carboxylic acid groups (broad SMARTS) is 1. The van der Waals surface area contributed by atoms with E-state index in [0.717, 1.165) is 43.2 Å². The van der Waals surface area contributed by atoms with Crippen LogP contribution in [0.4, 0.5) is 17.6 Å². The molecule has 1 N–H and O–H groups in total. The number of carboxylic acids is 1. The van der Waals surface area contributed by atoms with Crippen LogP contribution in [-0.4, -0.2) is 33.7 Å². The van der Waals surface area contributed by atoms with Gasteiger partial charge in [0.15, 0.2) is 5.82 Å². The molecule has 7 rings (SSSR count). The number of para-hydroxylation sites is 1. The quantitative estimate of drug-likeness (QED) is 0.199. The first-order valence-electron chi connectivity index (χ1n) is 14.3. The third-order valence-electron chi connectivity index (χ3n) is 9.07. The fourth-order valence-corrected chi connectivity index (χ4v) is 8.36. The van der Waals surface area contributed by atoms with Crippen molar-refractivity contribution in [1.82, 2.24) is 10.1 Å². The smallest absolute Gasteiger partial charge is 0.478 e. The number of fused-ring (bicyclic) bond motifs is 3. The van der Waals surface area contributed by atoms with Gasteiger partial charge in [0, 0.05) is 23.0 Å². The Balaban J connectivity index is 1.12. The van der Waals surface area contributed by atoms with Crippen molar-refractivity contribution in [1.29, 1.82) is 0 Å². The van der Waals surface area contributed by atoms with E-state index in [2.05, 4.69) is 21.8 Å². The van der Waals surface area contributed by atoms with Gasteiger partial charge in [-0.05, 0) is 74.1 Å². The summed E-state index contributed by atoms with van der Waals surface area (Å²) >= 11 is 1.36. The summed E-state index contributed by atoms with van der Waals surface area (Å²) in [6.45, 7) is 2.36. The normalized spacial score (nSPS) is 25.4. The molecule has 4 aromatic rings. The van der Waals surface area contributed by atoms with Crippen molar-refractivity contribution in [2.45, 2.75) is 69.9 Å². The summed E-state index contributed by atoms with van der Waals surface area (Å²) in [7, 11) is 0. The Hall–Kier alpha value is -3.51. The average molecular weight is 617 g/mol. The minimum atomic E-state index is -4.85. The van der Waals surface area contributed by atoms with Crippen LogP contribution in [0.1, 0.15) is 77.6 Å². The van der Waals surface area contributed by atoms with Gasteiger partial charge in [0.1, 0.15) is 22.7 Å². The predicted octanol–water partition coefficient (Wildman–Crippen LogP) is 8.30. The highest BCUT2D eigenvalue weighted by Crippen LogP contribution is 2.57. The van der Waals surface area contributed by atoms with Crippen molar-refractivity contribution in [2.24, 2.45) is 17.8 Å². The Kier molecular flexibility index (Phi) is 6.96. The fourth-order valence-electron chi connectivity index (χ4n) is 7.07. The molecule has 226 valence electrons. The molecular formula is C31H28F4N2O5S. The van der Waals surface area contributed by atoms with Crippen LogP contribution in [-0.2, 0) is 11.3 Å². The SMILES string of the molecule is C[C@@H]1CC2C[C@H](OCc3c(-c4ccccc4OC(F)(F)F)noc3C3CC3)C[C@H]1C2c1nc2c(F)cc(C(=O)O)cc2s1. The van der Waals surface area contributed by atoms with Gasteiger partial charge in [0.05, 0.1) is 28.0 Å². The first kappa shape index (κ1) is 28.3.